The van der Waals surface area contributed by atoms with Crippen LogP contribution < -0.4 is 4.74 Å². The molecular weight excluding hydrogens is 274 g/mol. The number of carbonyl (C=O) groups is 1. The van der Waals surface area contributed by atoms with Crippen molar-refractivity contribution < 1.29 is 19.2 Å². The fourth-order valence-electron chi connectivity index (χ4n) is 2.14. The second-order valence-corrected chi connectivity index (χ2v) is 4.82. The SMILES string of the molecule is O=C(Oc1ccc([N+](=O)[O-])cc1)OC1CC/C=C\CCC1. The highest BCUT2D eigenvalue weighted by Gasteiger charge is 2.16. The Morgan fingerprint density at radius 2 is 1.86 bits per heavy atom. The standard InChI is InChI=1S/C15H17NO5/c17-15(20-13-6-4-2-1-3-5-7-13)21-14-10-8-12(9-11-14)16(18)19/h1-2,8-11,13H,3-7H2/b2-1-. The van der Waals surface area contributed by atoms with E-state index in [1.807, 2.05) is 0 Å². The van der Waals surface area contributed by atoms with E-state index in [9.17, 15) is 14.9 Å². The van der Waals surface area contributed by atoms with Crippen molar-refractivity contribution >= 4 is 11.8 Å². The highest BCUT2D eigenvalue weighted by atomic mass is 16.7. The van der Waals surface area contributed by atoms with Crippen LogP contribution in [-0.4, -0.2) is 17.2 Å². The zero-order chi connectivity index (χ0) is 15.1. The molecule has 0 heterocycles. The van der Waals surface area contributed by atoms with Crippen molar-refractivity contribution in [2.24, 2.45) is 0 Å². The van der Waals surface area contributed by atoms with E-state index in [4.69, 9.17) is 9.47 Å². The van der Waals surface area contributed by atoms with Crippen LogP contribution >= 0.6 is 0 Å². The lowest BCUT2D eigenvalue weighted by Gasteiger charge is -2.17. The molecule has 6 nitrogen and oxygen atoms in total. The van der Waals surface area contributed by atoms with Crippen LogP contribution in [0.2, 0.25) is 0 Å². The summed E-state index contributed by atoms with van der Waals surface area (Å²) in [5.41, 5.74) is -0.0532. The first-order chi connectivity index (χ1) is 10.1. The van der Waals surface area contributed by atoms with Gasteiger partial charge in [0.2, 0.25) is 0 Å². The number of hydrogen-bond acceptors (Lipinski definition) is 5. The maximum Gasteiger partial charge on any atom is 0.514 e. The van der Waals surface area contributed by atoms with Gasteiger partial charge in [-0.3, -0.25) is 10.1 Å². The van der Waals surface area contributed by atoms with Gasteiger partial charge < -0.3 is 9.47 Å². The lowest BCUT2D eigenvalue weighted by atomic mass is 10.0. The Balaban J connectivity index is 1.85. The molecule has 6 heteroatoms. The summed E-state index contributed by atoms with van der Waals surface area (Å²) in [6.45, 7) is 0. The van der Waals surface area contributed by atoms with Crippen molar-refractivity contribution in [2.45, 2.75) is 38.2 Å². The van der Waals surface area contributed by atoms with Crippen LogP contribution in [0.3, 0.4) is 0 Å². The Morgan fingerprint density at radius 1 is 1.14 bits per heavy atom. The minimum Gasteiger partial charge on any atom is -0.431 e. The highest BCUT2D eigenvalue weighted by molar-refractivity contribution is 5.64. The van der Waals surface area contributed by atoms with Crippen LogP contribution in [0.5, 0.6) is 5.75 Å². The van der Waals surface area contributed by atoms with E-state index in [2.05, 4.69) is 12.2 Å². The van der Waals surface area contributed by atoms with Crippen molar-refractivity contribution in [3.8, 4) is 5.75 Å². The molecule has 1 aliphatic rings. The molecule has 0 N–H and O–H groups in total. The van der Waals surface area contributed by atoms with Gasteiger partial charge in [-0.2, -0.15) is 0 Å². The summed E-state index contributed by atoms with van der Waals surface area (Å²) in [6, 6.07) is 5.31. The van der Waals surface area contributed by atoms with Crippen LogP contribution in [0, 0.1) is 10.1 Å². The van der Waals surface area contributed by atoms with Crippen LogP contribution in [0.15, 0.2) is 36.4 Å². The molecule has 21 heavy (non-hydrogen) atoms. The predicted molar refractivity (Wildman–Crippen MR) is 76.2 cm³/mol. The molecule has 0 amide bonds. The van der Waals surface area contributed by atoms with Gasteiger partial charge in [-0.05, 0) is 44.2 Å². The molecule has 0 saturated heterocycles. The molecule has 0 fully saturated rings. The maximum absolute atomic E-state index is 11.7. The van der Waals surface area contributed by atoms with Crippen molar-refractivity contribution in [3.05, 3.63) is 46.5 Å². The van der Waals surface area contributed by atoms with Gasteiger partial charge in [0, 0.05) is 12.1 Å². The third-order valence-electron chi connectivity index (χ3n) is 3.23. The highest BCUT2D eigenvalue weighted by Crippen LogP contribution is 2.20. The van der Waals surface area contributed by atoms with Gasteiger partial charge in [-0.1, -0.05) is 12.2 Å². The van der Waals surface area contributed by atoms with Gasteiger partial charge in [0.15, 0.2) is 0 Å². The fourth-order valence-corrected chi connectivity index (χ4v) is 2.14. The lowest BCUT2D eigenvalue weighted by Crippen LogP contribution is -2.21. The smallest absolute Gasteiger partial charge is 0.431 e. The minimum absolute atomic E-state index is 0.0532. The predicted octanol–water partition coefficient (Wildman–Crippen LogP) is 4.00. The Kier molecular flexibility index (Phi) is 5.31. The number of hydrogen-bond donors (Lipinski definition) is 0. The molecule has 0 spiro atoms. The van der Waals surface area contributed by atoms with Gasteiger partial charge in [0.25, 0.3) is 5.69 Å². The number of rotatable bonds is 3. The third kappa shape index (κ3) is 4.91. The number of nitro benzene ring substituents is 1. The number of allylic oxidation sites excluding steroid dienone is 2. The number of nitrogens with zero attached hydrogens (tertiary/aromatic N) is 1. The summed E-state index contributed by atoms with van der Waals surface area (Å²) in [7, 11) is 0. The number of benzene rings is 1. The van der Waals surface area contributed by atoms with Crippen molar-refractivity contribution in [2.75, 3.05) is 0 Å². The van der Waals surface area contributed by atoms with Gasteiger partial charge in [0.1, 0.15) is 11.9 Å². The number of carbonyl (C=O) groups excluding carboxylic acids is 1. The van der Waals surface area contributed by atoms with Crippen molar-refractivity contribution in [1.82, 2.24) is 0 Å². The molecule has 0 aromatic heterocycles. The summed E-state index contributed by atoms with van der Waals surface area (Å²) in [5.74, 6) is 0.233. The molecule has 1 aromatic rings. The number of non-ortho nitro benzene ring substituents is 1. The van der Waals surface area contributed by atoms with E-state index in [-0.39, 0.29) is 17.5 Å². The summed E-state index contributed by atoms with van der Waals surface area (Å²) in [4.78, 5) is 21.7. The van der Waals surface area contributed by atoms with E-state index >= 15 is 0 Å². The maximum atomic E-state index is 11.7. The largest absolute Gasteiger partial charge is 0.514 e. The second kappa shape index (κ2) is 7.42. The number of nitro groups is 1. The van der Waals surface area contributed by atoms with Gasteiger partial charge in [-0.15, -0.1) is 0 Å². The van der Waals surface area contributed by atoms with Crippen LogP contribution in [-0.2, 0) is 4.74 Å². The summed E-state index contributed by atoms with van der Waals surface area (Å²) >= 11 is 0. The van der Waals surface area contributed by atoms with Crippen LogP contribution in [0.25, 0.3) is 0 Å². The molecule has 112 valence electrons. The lowest BCUT2D eigenvalue weighted by molar-refractivity contribution is -0.384. The first-order valence-electron chi connectivity index (χ1n) is 6.93. The molecule has 0 aliphatic heterocycles. The number of ether oxygens (including phenoxy) is 2. The van der Waals surface area contributed by atoms with E-state index in [1.54, 1.807) is 0 Å². The normalized spacial score (nSPS) is 19.9. The molecule has 0 bridgehead atoms. The average Bonchev–Trinajstić information content (AvgIpc) is 2.42. The Labute approximate surface area is 122 Å². The Bertz CT molecular complexity index is 523. The molecule has 1 aliphatic carbocycles. The summed E-state index contributed by atoms with van der Waals surface area (Å²) in [6.07, 6.45) is 7.80. The fraction of sp³-hybridized carbons (Fsp3) is 0.400. The molecular formula is C15H17NO5. The van der Waals surface area contributed by atoms with Gasteiger partial charge in [0.05, 0.1) is 4.92 Å². The topological polar surface area (TPSA) is 78.7 Å². The Hall–Kier alpha value is -2.37. The zero-order valence-corrected chi connectivity index (χ0v) is 11.6. The summed E-state index contributed by atoms with van der Waals surface area (Å²) in [5, 5.41) is 10.5. The quantitative estimate of drug-likeness (QED) is 0.276. The molecule has 0 saturated carbocycles. The molecule has 1 atom stereocenters. The van der Waals surface area contributed by atoms with E-state index < -0.39 is 11.1 Å². The van der Waals surface area contributed by atoms with Gasteiger partial charge in [-0.25, -0.2) is 4.79 Å². The molecule has 0 radical (unpaired) electrons. The van der Waals surface area contributed by atoms with E-state index in [1.165, 1.54) is 24.3 Å². The monoisotopic (exact) mass is 291 g/mol. The molecule has 1 unspecified atom stereocenters. The van der Waals surface area contributed by atoms with Crippen LogP contribution in [0.4, 0.5) is 10.5 Å². The zero-order valence-electron chi connectivity index (χ0n) is 11.6. The molecule has 1 aromatic carbocycles. The Morgan fingerprint density at radius 3 is 2.57 bits per heavy atom. The van der Waals surface area contributed by atoms with E-state index in [0.29, 0.717) is 0 Å². The van der Waals surface area contributed by atoms with Crippen molar-refractivity contribution in [1.29, 1.82) is 0 Å². The minimum atomic E-state index is -0.765. The second-order valence-electron chi connectivity index (χ2n) is 4.82. The molecule has 2 rings (SSSR count). The average molecular weight is 291 g/mol. The van der Waals surface area contributed by atoms with Gasteiger partial charge >= 0.3 is 6.16 Å². The van der Waals surface area contributed by atoms with E-state index in [0.717, 1.165) is 32.1 Å². The summed E-state index contributed by atoms with van der Waals surface area (Å²) < 4.78 is 10.3. The third-order valence-corrected chi connectivity index (χ3v) is 3.23. The first kappa shape index (κ1) is 15.0. The first-order valence-corrected chi connectivity index (χ1v) is 6.93. The van der Waals surface area contributed by atoms with Crippen molar-refractivity contribution in [3.63, 3.8) is 0 Å². The van der Waals surface area contributed by atoms with Crippen LogP contribution in [0.1, 0.15) is 32.1 Å².